The zero-order valence-corrected chi connectivity index (χ0v) is 11.9. The fourth-order valence-electron chi connectivity index (χ4n) is 2.26. The molecule has 8 heteroatoms. The van der Waals surface area contributed by atoms with Gasteiger partial charge in [-0.15, -0.1) is 0 Å². The van der Waals surface area contributed by atoms with Gasteiger partial charge >= 0.3 is 5.97 Å². The first-order chi connectivity index (χ1) is 8.40. The molecule has 0 aliphatic heterocycles. The monoisotopic (exact) mass is 300 g/mol. The lowest BCUT2D eigenvalue weighted by Crippen LogP contribution is -2.40. The smallest absolute Gasteiger partial charge is 0.310 e. The molecule has 0 aromatic heterocycles. The average molecular weight is 301 g/mol. The summed E-state index contributed by atoms with van der Waals surface area (Å²) >= 11 is 0. The molecule has 0 spiro atoms. The summed E-state index contributed by atoms with van der Waals surface area (Å²) in [4.78, 5) is 20.8. The molecule has 0 saturated heterocycles. The molecule has 1 saturated carbocycles. The van der Waals surface area contributed by atoms with Crippen LogP contribution in [-0.4, -0.2) is 40.5 Å². The van der Waals surface area contributed by atoms with E-state index >= 15 is 0 Å². The Morgan fingerprint density at radius 2 is 2.00 bits per heavy atom. The summed E-state index contributed by atoms with van der Waals surface area (Å²) in [6.45, 7) is 0.285. The van der Waals surface area contributed by atoms with E-state index in [4.69, 9.17) is 15.6 Å². The summed E-state index contributed by atoms with van der Waals surface area (Å²) in [5.74, 6) is -1.23. The van der Waals surface area contributed by atoms with Crippen molar-refractivity contribution in [3.8, 4) is 0 Å². The van der Waals surface area contributed by atoms with Gasteiger partial charge in [-0.25, -0.2) is 18.2 Å². The Kier molecular flexibility index (Phi) is 5.84. The van der Waals surface area contributed by atoms with E-state index < -0.39 is 26.2 Å². The molecular weight excluding hydrogens is 284 g/mol. The Morgan fingerprint density at radius 3 is 2.50 bits per heavy atom. The van der Waals surface area contributed by atoms with Gasteiger partial charge in [-0.1, -0.05) is 0 Å². The van der Waals surface area contributed by atoms with Gasteiger partial charge in [0.15, 0.2) is 0 Å². The second-order valence-corrected chi connectivity index (χ2v) is 7.12. The van der Waals surface area contributed by atoms with Crippen molar-refractivity contribution in [2.45, 2.75) is 24.5 Å². The Morgan fingerprint density at radius 1 is 1.33 bits per heavy atom. The van der Waals surface area contributed by atoms with Crippen molar-refractivity contribution in [1.29, 1.82) is 0 Å². The number of rotatable bonds is 5. The third-order valence-corrected chi connectivity index (χ3v) is 5.12. The van der Waals surface area contributed by atoms with Crippen LogP contribution in [0.2, 0.25) is 0 Å². The molecule has 106 valence electrons. The number of halogens is 1. The fraction of sp³-hybridized carbons (Fsp3) is 0.900. The van der Waals surface area contributed by atoms with Gasteiger partial charge < -0.3 is 4.74 Å². The number of carbonyl (C=O) groups is 1. The Balaban J connectivity index is 2.77. The van der Waals surface area contributed by atoms with Crippen LogP contribution in [0.1, 0.15) is 19.3 Å². The summed E-state index contributed by atoms with van der Waals surface area (Å²) in [6, 6.07) is 0. The van der Waals surface area contributed by atoms with Crippen LogP contribution in [0.25, 0.3) is 0 Å². The van der Waals surface area contributed by atoms with Gasteiger partial charge in [0.25, 0.3) is 0 Å². The summed E-state index contributed by atoms with van der Waals surface area (Å²) in [7, 11) is 4.21. The van der Waals surface area contributed by atoms with Crippen molar-refractivity contribution >= 4 is 25.7 Å². The average Bonchev–Trinajstić information content (AvgIpc) is 2.34. The van der Waals surface area contributed by atoms with E-state index in [9.17, 15) is 13.2 Å². The van der Waals surface area contributed by atoms with E-state index in [1.165, 1.54) is 14.2 Å². The summed E-state index contributed by atoms with van der Waals surface area (Å²) in [6.07, 6.45) is 1.36. The Hall–Kier alpha value is -0.370. The number of methoxy groups -OCH3 is 1. The highest BCUT2D eigenvalue weighted by molar-refractivity contribution is 8.14. The van der Waals surface area contributed by atoms with Crippen LogP contribution in [-0.2, 0) is 28.4 Å². The minimum atomic E-state index is -3.81. The molecule has 0 aromatic rings. The van der Waals surface area contributed by atoms with Gasteiger partial charge in [-0.05, 0) is 25.2 Å². The Bertz CT molecular complexity index is 382. The van der Waals surface area contributed by atoms with Crippen LogP contribution in [0.4, 0.5) is 0 Å². The van der Waals surface area contributed by atoms with Gasteiger partial charge in [0.2, 0.25) is 9.05 Å². The predicted molar refractivity (Wildman–Crippen MR) is 64.4 cm³/mol. The lowest BCUT2D eigenvalue weighted by atomic mass is 9.82. The molecule has 3 atom stereocenters. The molecule has 3 unspecified atom stereocenters. The predicted octanol–water partition coefficient (Wildman–Crippen LogP) is 1.09. The van der Waals surface area contributed by atoms with E-state index in [2.05, 4.69) is 9.62 Å². The van der Waals surface area contributed by atoms with E-state index in [-0.39, 0.29) is 18.9 Å². The van der Waals surface area contributed by atoms with Crippen molar-refractivity contribution in [3.05, 3.63) is 0 Å². The van der Waals surface area contributed by atoms with E-state index in [0.717, 1.165) is 0 Å². The molecule has 1 fully saturated rings. The zero-order chi connectivity index (χ0) is 13.8. The molecule has 0 bridgehead atoms. The third kappa shape index (κ3) is 4.08. The molecule has 0 N–H and O–H groups in total. The number of hydrogen-bond donors (Lipinski definition) is 0. The third-order valence-electron chi connectivity index (χ3n) is 3.19. The summed E-state index contributed by atoms with van der Waals surface area (Å²) in [5, 5.41) is -0.925. The Labute approximate surface area is 111 Å². The highest BCUT2D eigenvalue weighted by atomic mass is 35.7. The molecule has 0 heterocycles. The maximum Gasteiger partial charge on any atom is 0.310 e. The van der Waals surface area contributed by atoms with Crippen LogP contribution >= 0.6 is 10.7 Å². The molecule has 0 aromatic carbocycles. The topological polar surface area (TPSA) is 78.9 Å². The van der Waals surface area contributed by atoms with E-state index in [1.807, 2.05) is 0 Å². The van der Waals surface area contributed by atoms with Gasteiger partial charge in [-0.3, -0.25) is 4.79 Å². The normalized spacial score (nSPS) is 28.9. The molecule has 6 nitrogen and oxygen atoms in total. The zero-order valence-electron chi connectivity index (χ0n) is 10.3. The van der Waals surface area contributed by atoms with Crippen LogP contribution in [0, 0.1) is 11.8 Å². The highest BCUT2D eigenvalue weighted by Crippen LogP contribution is 2.35. The van der Waals surface area contributed by atoms with Crippen LogP contribution < -0.4 is 0 Å². The lowest BCUT2D eigenvalue weighted by molar-refractivity contribution is -0.281. The summed E-state index contributed by atoms with van der Waals surface area (Å²) in [5.41, 5.74) is 0. The maximum atomic E-state index is 11.5. The first kappa shape index (κ1) is 15.7. The van der Waals surface area contributed by atoms with Crippen molar-refractivity contribution in [2.75, 3.05) is 20.8 Å². The SMILES string of the molecule is COOCC1CCC(C(=O)OC)C(S(=O)(=O)Cl)C1. The lowest BCUT2D eigenvalue weighted by Gasteiger charge is -2.32. The van der Waals surface area contributed by atoms with Gasteiger partial charge in [0, 0.05) is 10.7 Å². The van der Waals surface area contributed by atoms with Crippen LogP contribution in [0.15, 0.2) is 0 Å². The van der Waals surface area contributed by atoms with Crippen molar-refractivity contribution in [1.82, 2.24) is 0 Å². The molecule has 1 rings (SSSR count). The van der Waals surface area contributed by atoms with Crippen molar-refractivity contribution in [2.24, 2.45) is 11.8 Å². The van der Waals surface area contributed by atoms with Gasteiger partial charge in [0.05, 0.1) is 32.0 Å². The molecule has 0 radical (unpaired) electrons. The van der Waals surface area contributed by atoms with Crippen molar-refractivity contribution in [3.63, 3.8) is 0 Å². The number of esters is 1. The molecule has 0 amide bonds. The molecule has 1 aliphatic carbocycles. The van der Waals surface area contributed by atoms with Crippen LogP contribution in [0.3, 0.4) is 0 Å². The van der Waals surface area contributed by atoms with E-state index in [0.29, 0.717) is 12.8 Å². The first-order valence-corrected chi connectivity index (χ1v) is 7.94. The first-order valence-electron chi connectivity index (χ1n) is 5.57. The van der Waals surface area contributed by atoms with Gasteiger partial charge in [-0.2, -0.15) is 0 Å². The second-order valence-electron chi connectivity index (χ2n) is 4.27. The fourth-order valence-corrected chi connectivity index (χ4v) is 3.99. The molecular formula is C10H17ClO6S. The number of ether oxygens (including phenoxy) is 1. The largest absolute Gasteiger partial charge is 0.469 e. The summed E-state index contributed by atoms with van der Waals surface area (Å²) < 4.78 is 27.7. The minimum Gasteiger partial charge on any atom is -0.469 e. The van der Waals surface area contributed by atoms with E-state index in [1.54, 1.807) is 0 Å². The maximum absolute atomic E-state index is 11.5. The minimum absolute atomic E-state index is 0.00406. The number of carbonyl (C=O) groups excluding carboxylic acids is 1. The quantitative estimate of drug-likeness (QED) is 0.327. The number of hydrogen-bond acceptors (Lipinski definition) is 6. The molecule has 18 heavy (non-hydrogen) atoms. The highest BCUT2D eigenvalue weighted by Gasteiger charge is 2.42. The molecule has 1 aliphatic rings. The van der Waals surface area contributed by atoms with Gasteiger partial charge in [0.1, 0.15) is 0 Å². The standard InChI is InChI=1S/C10H17ClO6S/c1-15-10(12)8-4-3-7(6-17-16-2)5-9(8)18(11,13)14/h7-9H,3-6H2,1-2H3. The van der Waals surface area contributed by atoms with Crippen molar-refractivity contribution < 1.29 is 27.7 Å². The second kappa shape index (κ2) is 6.70. The van der Waals surface area contributed by atoms with Crippen LogP contribution in [0.5, 0.6) is 0 Å².